The van der Waals surface area contributed by atoms with E-state index in [9.17, 15) is 19.8 Å². The monoisotopic (exact) mass is 473 g/mol. The minimum atomic E-state index is -1.21. The van der Waals surface area contributed by atoms with Gasteiger partial charge in [-0.15, -0.1) is 0 Å². The number of amides is 1. The molecule has 0 aliphatic carbocycles. The van der Waals surface area contributed by atoms with Gasteiger partial charge in [0.2, 0.25) is 5.91 Å². The van der Waals surface area contributed by atoms with Crippen molar-refractivity contribution >= 4 is 17.6 Å². The first-order valence-corrected chi connectivity index (χ1v) is 12.1. The average Bonchev–Trinajstić information content (AvgIpc) is 2.80. The van der Waals surface area contributed by atoms with Crippen LogP contribution in [-0.2, 0) is 17.8 Å². The summed E-state index contributed by atoms with van der Waals surface area (Å²) in [5.41, 5.74) is 4.59. The summed E-state index contributed by atoms with van der Waals surface area (Å²) in [6.45, 7) is 8.50. The smallest absolute Gasteiger partial charge is 0.339 e. The Morgan fingerprint density at radius 2 is 1.43 bits per heavy atom. The number of benzene rings is 3. The van der Waals surface area contributed by atoms with Crippen molar-refractivity contribution in [3.63, 3.8) is 0 Å². The van der Waals surface area contributed by atoms with Crippen molar-refractivity contribution in [2.45, 2.75) is 59.9 Å². The molecule has 0 spiro atoms. The first kappa shape index (κ1) is 26.0. The molecule has 35 heavy (non-hydrogen) atoms. The molecule has 0 fully saturated rings. The van der Waals surface area contributed by atoms with Crippen LogP contribution in [0.4, 0.5) is 5.69 Å². The van der Waals surface area contributed by atoms with Crippen LogP contribution < -0.4 is 4.90 Å². The second kappa shape index (κ2) is 11.2. The average molecular weight is 474 g/mol. The number of hydrogen-bond acceptors (Lipinski definition) is 3. The zero-order valence-electron chi connectivity index (χ0n) is 21.0. The number of anilines is 1. The van der Waals surface area contributed by atoms with Gasteiger partial charge >= 0.3 is 5.97 Å². The van der Waals surface area contributed by atoms with Gasteiger partial charge in [-0.05, 0) is 52.6 Å². The highest BCUT2D eigenvalue weighted by Crippen LogP contribution is 2.30. The maximum Gasteiger partial charge on any atom is 0.339 e. The number of carbonyl (C=O) groups excluding carboxylic acids is 1. The van der Waals surface area contributed by atoms with E-state index in [0.29, 0.717) is 18.7 Å². The zero-order valence-corrected chi connectivity index (χ0v) is 21.0. The van der Waals surface area contributed by atoms with Gasteiger partial charge in [-0.25, -0.2) is 4.79 Å². The molecule has 0 unspecified atom stereocenters. The number of unbranched alkanes of at least 4 members (excludes halogenated alkanes) is 1. The highest BCUT2D eigenvalue weighted by Gasteiger charge is 2.24. The highest BCUT2D eigenvalue weighted by atomic mass is 16.4. The highest BCUT2D eigenvalue weighted by molar-refractivity contribution is 5.96. The van der Waals surface area contributed by atoms with E-state index in [1.165, 1.54) is 30.5 Å². The molecule has 1 amide bonds. The molecule has 5 heteroatoms. The predicted octanol–water partition coefficient (Wildman–Crippen LogP) is 7.07. The molecule has 0 aliphatic rings. The quantitative estimate of drug-likeness (QED) is 0.348. The fourth-order valence-electron chi connectivity index (χ4n) is 3.97. The Balaban J connectivity index is 1.84. The maximum absolute atomic E-state index is 13.2. The van der Waals surface area contributed by atoms with Gasteiger partial charge in [-0.1, -0.05) is 82.6 Å². The molecule has 0 saturated carbocycles. The number of aryl methyl sites for hydroxylation is 1. The van der Waals surface area contributed by atoms with E-state index < -0.39 is 5.97 Å². The standard InChI is InChI=1S/C30H35NO4/c1-5-6-7-21-8-12-23(13-9-21)24-14-10-22(11-15-24)20-31(28(33)19-30(2,3)4)25-16-17-26(29(34)35)27(32)18-25/h8-18,32H,5-7,19-20H2,1-4H3,(H,34,35). The molecule has 184 valence electrons. The van der Waals surface area contributed by atoms with Crippen LogP contribution in [0.5, 0.6) is 5.75 Å². The van der Waals surface area contributed by atoms with E-state index in [2.05, 4.69) is 31.2 Å². The lowest BCUT2D eigenvalue weighted by molar-refractivity contribution is -0.120. The minimum Gasteiger partial charge on any atom is -0.507 e. The van der Waals surface area contributed by atoms with Crippen molar-refractivity contribution in [3.8, 4) is 16.9 Å². The number of nitrogens with zero attached hydrogens (tertiary/aromatic N) is 1. The third-order valence-electron chi connectivity index (χ3n) is 5.91. The topological polar surface area (TPSA) is 77.8 Å². The number of phenols is 1. The summed E-state index contributed by atoms with van der Waals surface area (Å²) in [5, 5.41) is 19.4. The lowest BCUT2D eigenvalue weighted by atomic mass is 9.91. The molecule has 5 nitrogen and oxygen atoms in total. The van der Waals surface area contributed by atoms with Gasteiger partial charge in [-0.3, -0.25) is 4.79 Å². The first-order valence-electron chi connectivity index (χ1n) is 12.1. The summed E-state index contributed by atoms with van der Waals surface area (Å²) in [7, 11) is 0. The summed E-state index contributed by atoms with van der Waals surface area (Å²) in [4.78, 5) is 26.1. The molecule has 0 saturated heterocycles. The van der Waals surface area contributed by atoms with Gasteiger partial charge in [0.05, 0.1) is 6.54 Å². The van der Waals surface area contributed by atoms with Gasteiger partial charge in [0.1, 0.15) is 11.3 Å². The SMILES string of the molecule is CCCCc1ccc(-c2ccc(CN(C(=O)CC(C)(C)C)c3ccc(C(=O)O)c(O)c3)cc2)cc1. The van der Waals surface area contributed by atoms with Gasteiger partial charge in [0.25, 0.3) is 0 Å². The van der Waals surface area contributed by atoms with E-state index in [1.807, 2.05) is 45.0 Å². The molecule has 3 aromatic carbocycles. The van der Waals surface area contributed by atoms with Gasteiger partial charge in [-0.2, -0.15) is 0 Å². The fraction of sp³-hybridized carbons (Fsp3) is 0.333. The van der Waals surface area contributed by atoms with Crippen molar-refractivity contribution in [1.82, 2.24) is 0 Å². The van der Waals surface area contributed by atoms with Crippen LogP contribution in [0, 0.1) is 5.41 Å². The summed E-state index contributed by atoms with van der Waals surface area (Å²) < 4.78 is 0. The number of rotatable bonds is 9. The van der Waals surface area contributed by atoms with E-state index >= 15 is 0 Å². The number of carbonyl (C=O) groups is 2. The van der Waals surface area contributed by atoms with Crippen LogP contribution in [-0.4, -0.2) is 22.1 Å². The zero-order chi connectivity index (χ0) is 25.6. The molecular formula is C30H35NO4. The molecule has 0 bridgehead atoms. The van der Waals surface area contributed by atoms with Crippen LogP contribution in [0.3, 0.4) is 0 Å². The van der Waals surface area contributed by atoms with E-state index in [1.54, 1.807) is 11.0 Å². The Morgan fingerprint density at radius 3 is 1.91 bits per heavy atom. The second-order valence-electron chi connectivity index (χ2n) is 10.2. The van der Waals surface area contributed by atoms with Gasteiger partial charge < -0.3 is 15.1 Å². The molecule has 2 N–H and O–H groups in total. The number of carboxylic acid groups (broad SMARTS) is 1. The van der Waals surface area contributed by atoms with E-state index in [-0.39, 0.29) is 22.6 Å². The molecule has 3 rings (SSSR count). The number of aromatic carboxylic acids is 1. The number of hydrogen-bond donors (Lipinski definition) is 2. The number of carboxylic acids is 1. The lowest BCUT2D eigenvalue weighted by Crippen LogP contribution is -2.33. The fourth-order valence-corrected chi connectivity index (χ4v) is 3.97. The molecular weight excluding hydrogens is 438 g/mol. The second-order valence-corrected chi connectivity index (χ2v) is 10.2. The molecule has 0 heterocycles. The Labute approximate surface area is 208 Å². The van der Waals surface area contributed by atoms with Crippen LogP contribution in [0.25, 0.3) is 11.1 Å². The van der Waals surface area contributed by atoms with Gasteiger partial charge in [0, 0.05) is 18.2 Å². The third-order valence-corrected chi connectivity index (χ3v) is 5.91. The van der Waals surface area contributed by atoms with Crippen molar-refractivity contribution in [2.24, 2.45) is 5.41 Å². The minimum absolute atomic E-state index is 0.0910. The lowest BCUT2D eigenvalue weighted by Gasteiger charge is -2.27. The van der Waals surface area contributed by atoms with E-state index in [0.717, 1.165) is 23.1 Å². The van der Waals surface area contributed by atoms with Crippen molar-refractivity contribution in [1.29, 1.82) is 0 Å². The van der Waals surface area contributed by atoms with Crippen molar-refractivity contribution in [2.75, 3.05) is 4.90 Å². The van der Waals surface area contributed by atoms with Crippen molar-refractivity contribution in [3.05, 3.63) is 83.4 Å². The number of aromatic hydroxyl groups is 1. The summed E-state index contributed by atoms with van der Waals surface area (Å²) in [6, 6.07) is 21.0. The first-order chi connectivity index (χ1) is 16.6. The molecule has 0 atom stereocenters. The third kappa shape index (κ3) is 7.19. The summed E-state index contributed by atoms with van der Waals surface area (Å²) in [5.74, 6) is -1.66. The Bertz CT molecular complexity index is 1160. The Morgan fingerprint density at radius 1 is 0.857 bits per heavy atom. The van der Waals surface area contributed by atoms with Crippen LogP contribution >= 0.6 is 0 Å². The van der Waals surface area contributed by atoms with E-state index in [4.69, 9.17) is 0 Å². The van der Waals surface area contributed by atoms with Gasteiger partial charge in [0.15, 0.2) is 0 Å². The van der Waals surface area contributed by atoms with Crippen molar-refractivity contribution < 1.29 is 19.8 Å². The largest absolute Gasteiger partial charge is 0.507 e. The molecule has 0 aliphatic heterocycles. The van der Waals surface area contributed by atoms with Crippen LogP contribution in [0.15, 0.2) is 66.7 Å². The molecule has 0 radical (unpaired) electrons. The van der Waals surface area contributed by atoms with Crippen LogP contribution in [0.1, 0.15) is 68.4 Å². The Hall–Kier alpha value is -3.60. The summed E-state index contributed by atoms with van der Waals surface area (Å²) in [6.07, 6.45) is 3.78. The Kier molecular flexibility index (Phi) is 8.34. The molecule has 0 aromatic heterocycles. The predicted molar refractivity (Wildman–Crippen MR) is 141 cm³/mol. The van der Waals surface area contributed by atoms with Crippen LogP contribution in [0.2, 0.25) is 0 Å². The maximum atomic E-state index is 13.2. The normalized spacial score (nSPS) is 11.3. The summed E-state index contributed by atoms with van der Waals surface area (Å²) >= 11 is 0. The molecule has 3 aromatic rings.